The smallest absolute Gasteiger partial charge is 0.261 e. The summed E-state index contributed by atoms with van der Waals surface area (Å²) in [7, 11) is 0. The number of ether oxygens (including phenoxy) is 1. The molecule has 29 heavy (non-hydrogen) atoms. The highest BCUT2D eigenvalue weighted by molar-refractivity contribution is 5.78. The molecule has 5 nitrogen and oxygen atoms in total. The summed E-state index contributed by atoms with van der Waals surface area (Å²) in [6, 6.07) is 15.5. The Kier molecular flexibility index (Phi) is 5.89. The topological polar surface area (TPSA) is 55.6 Å². The van der Waals surface area contributed by atoms with Crippen LogP contribution in [0.25, 0.3) is 0 Å². The lowest BCUT2D eigenvalue weighted by atomic mass is 10.0. The Balaban J connectivity index is 1.42. The molecule has 1 aromatic heterocycles. The molecule has 0 spiro atoms. The monoisotopic (exact) mass is 394 g/mol. The highest BCUT2D eigenvalue weighted by Gasteiger charge is 2.31. The van der Waals surface area contributed by atoms with Gasteiger partial charge in [-0.15, -0.1) is 0 Å². The van der Waals surface area contributed by atoms with Crippen LogP contribution >= 0.6 is 0 Å². The minimum atomic E-state index is -0.263. The fraction of sp³-hybridized carbons (Fsp3) is 0.304. The van der Waals surface area contributed by atoms with Crippen LogP contribution < -0.4 is 4.74 Å². The van der Waals surface area contributed by atoms with Gasteiger partial charge in [-0.25, -0.2) is 9.37 Å². The number of carbonyl (C=O) groups excluding carboxylic acids is 1. The number of nitrogens with zero attached hydrogens (tertiary/aromatic N) is 2. The molecule has 1 aliphatic rings. The maximum absolute atomic E-state index is 13.1. The second-order valence-corrected chi connectivity index (χ2v) is 7.17. The number of para-hydroxylation sites is 1. The number of likely N-dealkylation sites (tertiary alicyclic amines) is 1. The number of carbonyl (C=O) groups is 1. The van der Waals surface area contributed by atoms with E-state index in [1.165, 1.54) is 12.1 Å². The Morgan fingerprint density at radius 1 is 1.14 bits per heavy atom. The van der Waals surface area contributed by atoms with Crippen molar-refractivity contribution in [2.75, 3.05) is 13.2 Å². The minimum Gasteiger partial charge on any atom is -0.484 e. The molecule has 0 bridgehead atoms. The number of aromatic nitrogens is 1. The molecule has 150 valence electrons. The number of piperidine rings is 1. The third kappa shape index (κ3) is 4.83. The Bertz CT molecular complexity index is 940. The van der Waals surface area contributed by atoms with Crippen molar-refractivity contribution in [2.45, 2.75) is 31.7 Å². The summed E-state index contributed by atoms with van der Waals surface area (Å²) in [6.07, 6.45) is 5.01. The summed E-state index contributed by atoms with van der Waals surface area (Å²) in [5.41, 5.74) is 0.946. The first-order valence-corrected chi connectivity index (χ1v) is 9.85. The largest absolute Gasteiger partial charge is 0.484 e. The molecule has 1 saturated heterocycles. The van der Waals surface area contributed by atoms with E-state index in [0.717, 1.165) is 24.8 Å². The summed E-state index contributed by atoms with van der Waals surface area (Å²) in [5.74, 6) is 1.59. The van der Waals surface area contributed by atoms with Crippen LogP contribution in [0.15, 0.2) is 65.2 Å². The first kappa shape index (κ1) is 19.2. The Morgan fingerprint density at radius 2 is 1.93 bits per heavy atom. The lowest BCUT2D eigenvalue weighted by Crippen LogP contribution is -2.41. The summed E-state index contributed by atoms with van der Waals surface area (Å²) >= 11 is 0. The summed E-state index contributed by atoms with van der Waals surface area (Å²) in [6.45, 7) is 0.654. The second-order valence-electron chi connectivity index (χ2n) is 7.17. The van der Waals surface area contributed by atoms with Gasteiger partial charge in [0.05, 0.1) is 6.20 Å². The van der Waals surface area contributed by atoms with Gasteiger partial charge in [0.15, 0.2) is 6.61 Å². The lowest BCUT2D eigenvalue weighted by Gasteiger charge is -2.33. The number of halogens is 1. The molecule has 3 aromatic rings. The van der Waals surface area contributed by atoms with E-state index in [9.17, 15) is 9.18 Å². The molecule has 2 heterocycles. The van der Waals surface area contributed by atoms with Crippen LogP contribution in [0.5, 0.6) is 5.75 Å². The Hall–Kier alpha value is -3.15. The summed E-state index contributed by atoms with van der Waals surface area (Å²) < 4.78 is 24.7. The van der Waals surface area contributed by atoms with Gasteiger partial charge in [0.25, 0.3) is 5.91 Å². The van der Waals surface area contributed by atoms with Gasteiger partial charge in [-0.05, 0) is 49.1 Å². The van der Waals surface area contributed by atoms with Gasteiger partial charge in [0, 0.05) is 13.0 Å². The van der Waals surface area contributed by atoms with E-state index in [1.54, 1.807) is 23.2 Å². The van der Waals surface area contributed by atoms with Crippen LogP contribution in [0.1, 0.15) is 42.5 Å². The SMILES string of the molecule is O=C(COc1ccccc1)N1CCCCC1c1ncc(Cc2ccc(F)cc2)o1. The third-order valence-electron chi connectivity index (χ3n) is 5.08. The molecular formula is C23H23FN2O3. The van der Waals surface area contributed by atoms with Crippen molar-refractivity contribution in [1.82, 2.24) is 9.88 Å². The van der Waals surface area contributed by atoms with Crippen molar-refractivity contribution < 1.29 is 18.3 Å². The van der Waals surface area contributed by atoms with Crippen molar-refractivity contribution in [3.63, 3.8) is 0 Å². The third-order valence-corrected chi connectivity index (χ3v) is 5.08. The molecule has 0 saturated carbocycles. The fourth-order valence-electron chi connectivity index (χ4n) is 3.59. The van der Waals surface area contributed by atoms with Crippen LogP contribution in [0.3, 0.4) is 0 Å². The number of hydrogen-bond acceptors (Lipinski definition) is 4. The standard InChI is InChI=1S/C23H23FN2O3/c24-18-11-9-17(10-12-18)14-20-15-25-23(29-20)21-8-4-5-13-26(21)22(27)16-28-19-6-2-1-3-7-19/h1-3,6-7,9-12,15,21H,4-5,8,13-14,16H2. The average Bonchev–Trinajstić information content (AvgIpc) is 3.23. The van der Waals surface area contributed by atoms with Gasteiger partial charge in [0.2, 0.25) is 5.89 Å². The van der Waals surface area contributed by atoms with E-state index in [1.807, 2.05) is 30.3 Å². The number of benzene rings is 2. The van der Waals surface area contributed by atoms with Gasteiger partial charge in [-0.1, -0.05) is 30.3 Å². The highest BCUT2D eigenvalue weighted by Crippen LogP contribution is 2.31. The first-order chi connectivity index (χ1) is 14.2. The van der Waals surface area contributed by atoms with E-state index in [0.29, 0.717) is 30.4 Å². The quantitative estimate of drug-likeness (QED) is 0.616. The van der Waals surface area contributed by atoms with Crippen molar-refractivity contribution >= 4 is 5.91 Å². The molecule has 0 aliphatic carbocycles. The Morgan fingerprint density at radius 3 is 2.72 bits per heavy atom. The molecule has 1 unspecified atom stereocenters. The molecular weight excluding hydrogens is 371 g/mol. The molecule has 1 aliphatic heterocycles. The summed E-state index contributed by atoms with van der Waals surface area (Å²) in [5, 5.41) is 0. The normalized spacial score (nSPS) is 16.6. The van der Waals surface area contributed by atoms with E-state index >= 15 is 0 Å². The van der Waals surface area contributed by atoms with Crippen molar-refractivity contribution in [2.24, 2.45) is 0 Å². The fourth-order valence-corrected chi connectivity index (χ4v) is 3.59. The average molecular weight is 394 g/mol. The molecule has 0 radical (unpaired) electrons. The predicted molar refractivity (Wildman–Crippen MR) is 106 cm³/mol. The molecule has 4 rings (SSSR count). The van der Waals surface area contributed by atoms with Gasteiger partial charge < -0.3 is 14.1 Å². The zero-order valence-electron chi connectivity index (χ0n) is 16.1. The van der Waals surface area contributed by atoms with Crippen molar-refractivity contribution in [1.29, 1.82) is 0 Å². The first-order valence-electron chi connectivity index (χ1n) is 9.85. The predicted octanol–water partition coefficient (Wildman–Crippen LogP) is 4.54. The molecule has 2 aromatic carbocycles. The molecule has 1 atom stereocenters. The van der Waals surface area contributed by atoms with Gasteiger partial charge in [0.1, 0.15) is 23.4 Å². The van der Waals surface area contributed by atoms with E-state index in [2.05, 4.69) is 4.98 Å². The number of amides is 1. The van der Waals surface area contributed by atoms with Gasteiger partial charge in [-0.2, -0.15) is 0 Å². The zero-order valence-corrected chi connectivity index (χ0v) is 16.1. The molecule has 1 fully saturated rings. The number of hydrogen-bond donors (Lipinski definition) is 0. The Labute approximate surface area is 169 Å². The number of rotatable bonds is 6. The van der Waals surface area contributed by atoms with Crippen LogP contribution in [-0.2, 0) is 11.2 Å². The second kappa shape index (κ2) is 8.90. The van der Waals surface area contributed by atoms with E-state index in [4.69, 9.17) is 9.15 Å². The minimum absolute atomic E-state index is 0.0103. The summed E-state index contributed by atoms with van der Waals surface area (Å²) in [4.78, 5) is 19.0. The van der Waals surface area contributed by atoms with Crippen LogP contribution in [0, 0.1) is 5.82 Å². The maximum Gasteiger partial charge on any atom is 0.261 e. The van der Waals surface area contributed by atoms with Crippen LogP contribution in [0.2, 0.25) is 0 Å². The van der Waals surface area contributed by atoms with Crippen LogP contribution in [0.4, 0.5) is 4.39 Å². The van der Waals surface area contributed by atoms with E-state index < -0.39 is 0 Å². The van der Waals surface area contributed by atoms with E-state index in [-0.39, 0.29) is 24.4 Å². The molecule has 1 amide bonds. The van der Waals surface area contributed by atoms with Crippen LogP contribution in [-0.4, -0.2) is 28.9 Å². The molecule has 0 N–H and O–H groups in total. The van der Waals surface area contributed by atoms with Crippen molar-refractivity contribution in [3.05, 3.63) is 83.8 Å². The van der Waals surface area contributed by atoms with Gasteiger partial charge >= 0.3 is 0 Å². The molecule has 6 heteroatoms. The highest BCUT2D eigenvalue weighted by atomic mass is 19.1. The van der Waals surface area contributed by atoms with Crippen molar-refractivity contribution in [3.8, 4) is 5.75 Å². The number of oxazole rings is 1. The maximum atomic E-state index is 13.1. The zero-order chi connectivity index (χ0) is 20.1. The van der Waals surface area contributed by atoms with Gasteiger partial charge in [-0.3, -0.25) is 4.79 Å². The lowest BCUT2D eigenvalue weighted by molar-refractivity contribution is -0.137.